The summed E-state index contributed by atoms with van der Waals surface area (Å²) in [5.41, 5.74) is 1.41. The Balaban J connectivity index is 2.51. The maximum atomic E-state index is 11.4. The predicted octanol–water partition coefficient (Wildman–Crippen LogP) is 0.484. The first-order valence-corrected chi connectivity index (χ1v) is 5.24. The van der Waals surface area contributed by atoms with E-state index in [-0.39, 0.29) is 6.04 Å². The van der Waals surface area contributed by atoms with Crippen LogP contribution in [0.15, 0.2) is 23.3 Å². The molecule has 0 N–H and O–H groups in total. The van der Waals surface area contributed by atoms with Gasteiger partial charge in [-0.15, -0.1) is 0 Å². The van der Waals surface area contributed by atoms with E-state index >= 15 is 0 Å². The van der Waals surface area contributed by atoms with E-state index in [1.807, 2.05) is 18.2 Å². The molecule has 2 aromatic heterocycles. The van der Waals surface area contributed by atoms with Crippen LogP contribution < -0.4 is 10.7 Å². The zero-order valence-corrected chi connectivity index (χ0v) is 9.22. The maximum Gasteiger partial charge on any atom is 0.253 e. The van der Waals surface area contributed by atoms with Crippen LogP contribution in [0.1, 0.15) is 6.92 Å². The topological polar surface area (TPSA) is 49.7 Å². The zero-order valence-electron chi connectivity index (χ0n) is 8.46. The van der Waals surface area contributed by atoms with Crippen LogP contribution in [0.2, 0.25) is 5.15 Å². The lowest BCUT2D eigenvalue weighted by Gasteiger charge is -1.95. The summed E-state index contributed by atoms with van der Waals surface area (Å²) in [6, 6.07) is 5.24. The Bertz CT molecular complexity index is 718. The van der Waals surface area contributed by atoms with Crippen molar-refractivity contribution in [1.82, 2.24) is 9.61 Å². The Kier molecular flexibility index (Phi) is 1.85. The summed E-state index contributed by atoms with van der Waals surface area (Å²) in [4.78, 5) is 12.1. The Morgan fingerprint density at radius 1 is 1.50 bits per heavy atom. The molecule has 0 saturated carbocycles. The molecule has 0 radical (unpaired) electrons. The molecule has 0 bridgehead atoms. The summed E-state index contributed by atoms with van der Waals surface area (Å²) in [5.74, 6) is 0. The van der Waals surface area contributed by atoms with Gasteiger partial charge < -0.3 is 0 Å². The lowest BCUT2D eigenvalue weighted by Crippen LogP contribution is -2.36. The Morgan fingerprint density at radius 2 is 2.31 bits per heavy atom. The van der Waals surface area contributed by atoms with Crippen molar-refractivity contribution in [3.63, 3.8) is 0 Å². The quantitative estimate of drug-likeness (QED) is 0.624. The lowest BCUT2D eigenvalue weighted by atomic mass is 10.2. The summed E-state index contributed by atoms with van der Waals surface area (Å²) in [5, 5.41) is 9.34. The van der Waals surface area contributed by atoms with Crippen molar-refractivity contribution in [3.8, 4) is 0 Å². The van der Waals surface area contributed by atoms with Crippen LogP contribution in [0.4, 0.5) is 0 Å². The van der Waals surface area contributed by atoms with Gasteiger partial charge in [-0.1, -0.05) is 11.6 Å². The highest BCUT2D eigenvalue weighted by molar-refractivity contribution is 6.29. The normalized spacial score (nSPS) is 19.1. The second kappa shape index (κ2) is 3.12. The smallest absolute Gasteiger partial charge is 0.208 e. The number of nitroso groups, excluding NO2 is 1. The molecule has 3 heterocycles. The zero-order chi connectivity index (χ0) is 11.3. The molecule has 1 aliphatic heterocycles. The summed E-state index contributed by atoms with van der Waals surface area (Å²) in [7, 11) is 0. The molecule has 0 amide bonds. The average molecular weight is 236 g/mol. The molecule has 2 aromatic rings. The van der Waals surface area contributed by atoms with Gasteiger partial charge in [0.15, 0.2) is 4.87 Å². The lowest BCUT2D eigenvalue weighted by molar-refractivity contribution is -0.579. The van der Waals surface area contributed by atoms with Gasteiger partial charge in [-0.3, -0.25) is 0 Å². The van der Waals surface area contributed by atoms with Crippen molar-refractivity contribution < 1.29 is 4.87 Å². The third kappa shape index (κ3) is 1.25. The minimum Gasteiger partial charge on any atom is -0.208 e. The summed E-state index contributed by atoms with van der Waals surface area (Å²) in [6.07, 6.45) is 1.86. The van der Waals surface area contributed by atoms with Gasteiger partial charge in [-0.05, 0) is 18.2 Å². The fourth-order valence-electron chi connectivity index (χ4n) is 1.77. The van der Waals surface area contributed by atoms with Crippen LogP contribution in [-0.2, 0) is 0 Å². The van der Waals surface area contributed by atoms with Gasteiger partial charge in [0, 0.05) is 18.2 Å². The summed E-state index contributed by atoms with van der Waals surface area (Å²) in [6.45, 7) is 1.79. The van der Waals surface area contributed by atoms with Gasteiger partial charge in [-0.25, -0.2) is 4.52 Å². The number of halogens is 1. The van der Waals surface area contributed by atoms with E-state index < -0.39 is 0 Å². The van der Waals surface area contributed by atoms with Crippen molar-refractivity contribution in [2.24, 2.45) is 5.10 Å². The molecule has 1 aliphatic rings. The van der Waals surface area contributed by atoms with Crippen LogP contribution in [0.3, 0.4) is 0 Å². The number of aromatic nitrogens is 2. The number of hydrogen-bond acceptors (Lipinski definition) is 2. The molecule has 0 aromatic carbocycles. The number of fused-ring (bicyclic) bond motifs is 3. The van der Waals surface area contributed by atoms with E-state index in [1.165, 1.54) is 0 Å². The fraction of sp³-hybridized carbons (Fsp3) is 0.200. The SMILES string of the molecule is CC1C=c2cc3ccc(Cl)nn3c2=N[N+]1=O. The van der Waals surface area contributed by atoms with Crippen LogP contribution in [0, 0.1) is 4.91 Å². The highest BCUT2D eigenvalue weighted by Gasteiger charge is 2.22. The first-order chi connectivity index (χ1) is 7.65. The van der Waals surface area contributed by atoms with E-state index in [2.05, 4.69) is 10.2 Å². The molecule has 80 valence electrons. The standard InChI is InChI=1S/C10H8ClN4O/c1-6-4-7-5-8-2-3-9(11)12-14(8)10(7)13-15(6)16/h2-6H,1H3/q+1. The molecule has 3 rings (SSSR count). The minimum atomic E-state index is -0.250. The summed E-state index contributed by atoms with van der Waals surface area (Å²) < 4.78 is 1.57. The molecule has 1 unspecified atom stereocenters. The van der Waals surface area contributed by atoms with E-state index in [9.17, 15) is 4.91 Å². The van der Waals surface area contributed by atoms with Crippen LogP contribution in [0.5, 0.6) is 0 Å². The van der Waals surface area contributed by atoms with Gasteiger partial charge in [0.05, 0.1) is 15.5 Å². The third-order valence-corrected chi connectivity index (χ3v) is 2.76. The van der Waals surface area contributed by atoms with Gasteiger partial charge in [0.2, 0.25) is 5.49 Å². The largest absolute Gasteiger partial charge is 0.253 e. The van der Waals surface area contributed by atoms with Gasteiger partial charge in [-0.2, -0.15) is 5.10 Å². The van der Waals surface area contributed by atoms with Crippen molar-refractivity contribution in [1.29, 1.82) is 0 Å². The maximum absolute atomic E-state index is 11.4. The highest BCUT2D eigenvalue weighted by Crippen LogP contribution is 2.05. The van der Waals surface area contributed by atoms with Gasteiger partial charge >= 0.3 is 0 Å². The molecular formula is C10H8ClN4O+. The molecule has 6 heteroatoms. The van der Waals surface area contributed by atoms with E-state index in [0.29, 0.717) is 15.5 Å². The molecule has 0 spiro atoms. The predicted molar refractivity (Wildman–Crippen MR) is 58.5 cm³/mol. The van der Waals surface area contributed by atoms with Crippen molar-refractivity contribution in [2.75, 3.05) is 0 Å². The molecule has 0 saturated heterocycles. The minimum absolute atomic E-state index is 0.250. The Labute approximate surface area is 95.2 Å². The molecule has 0 fully saturated rings. The van der Waals surface area contributed by atoms with E-state index in [0.717, 1.165) is 10.7 Å². The first-order valence-electron chi connectivity index (χ1n) is 4.86. The molecular weight excluding hydrogens is 228 g/mol. The van der Waals surface area contributed by atoms with Gasteiger partial charge in [0.25, 0.3) is 6.04 Å². The number of rotatable bonds is 0. The van der Waals surface area contributed by atoms with Crippen LogP contribution in [0.25, 0.3) is 11.6 Å². The Hall–Kier alpha value is -1.75. The average Bonchev–Trinajstić information content (AvgIpc) is 2.57. The second-order valence-electron chi connectivity index (χ2n) is 3.73. The molecule has 0 aliphatic carbocycles. The van der Waals surface area contributed by atoms with Gasteiger partial charge in [0.1, 0.15) is 5.15 Å². The summed E-state index contributed by atoms with van der Waals surface area (Å²) >= 11 is 5.81. The first kappa shape index (κ1) is 9.47. The number of nitrogens with zero attached hydrogens (tertiary/aromatic N) is 4. The molecule has 5 nitrogen and oxygen atoms in total. The van der Waals surface area contributed by atoms with Crippen LogP contribution in [-0.4, -0.2) is 20.5 Å². The van der Waals surface area contributed by atoms with Crippen molar-refractivity contribution in [2.45, 2.75) is 13.0 Å². The number of hydrogen-bond donors (Lipinski definition) is 0. The highest BCUT2D eigenvalue weighted by atomic mass is 35.5. The van der Waals surface area contributed by atoms with Crippen molar-refractivity contribution in [3.05, 3.63) is 39.0 Å². The molecule has 16 heavy (non-hydrogen) atoms. The van der Waals surface area contributed by atoms with E-state index in [1.54, 1.807) is 17.5 Å². The fourth-order valence-corrected chi connectivity index (χ4v) is 1.91. The third-order valence-electron chi connectivity index (χ3n) is 2.56. The Morgan fingerprint density at radius 3 is 3.12 bits per heavy atom. The van der Waals surface area contributed by atoms with Crippen molar-refractivity contribution >= 4 is 23.2 Å². The molecule has 1 atom stereocenters. The van der Waals surface area contributed by atoms with Crippen LogP contribution >= 0.6 is 11.6 Å². The monoisotopic (exact) mass is 235 g/mol. The van der Waals surface area contributed by atoms with E-state index in [4.69, 9.17) is 11.6 Å². The second-order valence-corrected chi connectivity index (χ2v) is 4.11.